The Labute approximate surface area is 44.2 Å². The molecule has 0 saturated carbocycles. The van der Waals surface area contributed by atoms with Gasteiger partial charge in [0, 0.05) is 0 Å². The maximum Gasteiger partial charge on any atom is 0.419 e. The van der Waals surface area contributed by atoms with E-state index in [0.29, 0.717) is 0 Å². The van der Waals surface area contributed by atoms with Crippen LogP contribution >= 0.6 is 0 Å². The summed E-state index contributed by atoms with van der Waals surface area (Å²) in [6.45, 7) is 8.34. The van der Waals surface area contributed by atoms with Gasteiger partial charge in [0.2, 0.25) is 0 Å². The summed E-state index contributed by atoms with van der Waals surface area (Å²) in [5.41, 5.74) is -1.38. The van der Waals surface area contributed by atoms with Crippen molar-refractivity contribution in [1.29, 1.82) is 0 Å². The molecule has 0 N–H and O–H groups in total. The summed E-state index contributed by atoms with van der Waals surface area (Å²) in [6.07, 6.45) is -4.54. The number of halogens is 3. The van der Waals surface area contributed by atoms with E-state index >= 15 is 0 Å². The lowest BCUT2D eigenvalue weighted by Crippen LogP contribution is -2.06. The summed E-state index contributed by atoms with van der Waals surface area (Å²) in [4.78, 5) is 2.09. The second-order valence-corrected chi connectivity index (χ2v) is 1.06. The Bertz CT molecular complexity index is 138. The molecule has 0 fully saturated rings. The van der Waals surface area contributed by atoms with Gasteiger partial charge in [-0.25, -0.2) is 4.85 Å². The predicted octanol–water partition coefficient (Wildman–Crippen LogP) is 1.98. The molecule has 0 aromatic rings. The number of nitrogens with zero attached hydrogens (tertiary/aromatic N) is 1. The van der Waals surface area contributed by atoms with Crippen LogP contribution in [0.5, 0.6) is 0 Å². The molecule has 0 amide bonds. The number of rotatable bonds is 0. The van der Waals surface area contributed by atoms with Crippen molar-refractivity contribution in [3.63, 3.8) is 0 Å². The van der Waals surface area contributed by atoms with Crippen LogP contribution in [0.3, 0.4) is 0 Å². The number of hydrogen-bond donors (Lipinski definition) is 0. The quantitative estimate of drug-likeness (QED) is 0.431. The molecule has 0 spiro atoms. The molecule has 0 bridgehead atoms. The third kappa shape index (κ3) is 1.65. The zero-order chi connectivity index (χ0) is 6.78. The van der Waals surface area contributed by atoms with Gasteiger partial charge in [0.1, 0.15) is 0 Å². The molecule has 0 aromatic heterocycles. The molecule has 44 valence electrons. The van der Waals surface area contributed by atoms with E-state index in [0.717, 1.165) is 0 Å². The fraction of sp³-hybridized carbons (Fsp3) is 0.250. The van der Waals surface area contributed by atoms with E-state index in [2.05, 4.69) is 11.4 Å². The standard InChI is InChI=1S/C4H2F3N/c1-3(8-2)4(5,6)7/h1H2. The molecule has 0 aliphatic rings. The van der Waals surface area contributed by atoms with Crippen LogP contribution in [-0.2, 0) is 0 Å². The molecular formula is C4H2F3N. The van der Waals surface area contributed by atoms with Gasteiger partial charge in [0.15, 0.2) is 0 Å². The van der Waals surface area contributed by atoms with Crippen molar-refractivity contribution in [2.45, 2.75) is 6.18 Å². The monoisotopic (exact) mass is 121 g/mol. The highest BCUT2D eigenvalue weighted by Gasteiger charge is 2.32. The Balaban J connectivity index is 4.09. The van der Waals surface area contributed by atoms with Gasteiger partial charge in [-0.05, 0) is 0 Å². The minimum absolute atomic E-state index is 1.38. The van der Waals surface area contributed by atoms with Crippen molar-refractivity contribution >= 4 is 0 Å². The lowest BCUT2D eigenvalue weighted by Gasteiger charge is -1.98. The molecule has 0 aliphatic carbocycles. The molecule has 4 heteroatoms. The maximum absolute atomic E-state index is 11.1. The summed E-state index contributed by atoms with van der Waals surface area (Å²) >= 11 is 0. The van der Waals surface area contributed by atoms with Crippen LogP contribution in [0.15, 0.2) is 12.3 Å². The van der Waals surface area contributed by atoms with Gasteiger partial charge in [-0.15, -0.1) is 0 Å². The molecule has 0 atom stereocenters. The van der Waals surface area contributed by atoms with Crippen LogP contribution in [0.4, 0.5) is 13.2 Å². The van der Waals surface area contributed by atoms with Crippen molar-refractivity contribution in [2.75, 3.05) is 0 Å². The van der Waals surface area contributed by atoms with E-state index in [-0.39, 0.29) is 0 Å². The average Bonchev–Trinajstić information content (AvgIpc) is 1.62. The van der Waals surface area contributed by atoms with Gasteiger partial charge < -0.3 is 0 Å². The molecule has 0 aliphatic heterocycles. The molecule has 0 aromatic carbocycles. The van der Waals surface area contributed by atoms with E-state index in [1.165, 1.54) is 0 Å². The SMILES string of the molecule is [C-]#[N+]C(=C)C(F)(F)F. The van der Waals surface area contributed by atoms with E-state index in [4.69, 9.17) is 6.57 Å². The molecule has 8 heavy (non-hydrogen) atoms. The lowest BCUT2D eigenvalue weighted by molar-refractivity contribution is -0.0880. The first-order valence-electron chi connectivity index (χ1n) is 1.62. The average molecular weight is 121 g/mol. The van der Waals surface area contributed by atoms with Crippen molar-refractivity contribution < 1.29 is 13.2 Å². The van der Waals surface area contributed by atoms with Crippen LogP contribution in [0.25, 0.3) is 4.85 Å². The van der Waals surface area contributed by atoms with Crippen molar-refractivity contribution in [1.82, 2.24) is 0 Å². The Morgan fingerprint density at radius 1 is 1.50 bits per heavy atom. The van der Waals surface area contributed by atoms with Crippen LogP contribution in [0.1, 0.15) is 0 Å². The molecule has 0 radical (unpaired) electrons. The van der Waals surface area contributed by atoms with Gasteiger partial charge in [-0.3, -0.25) is 0 Å². The first kappa shape index (κ1) is 7.02. The van der Waals surface area contributed by atoms with E-state index < -0.39 is 11.9 Å². The van der Waals surface area contributed by atoms with Crippen molar-refractivity contribution in [3.8, 4) is 0 Å². The van der Waals surface area contributed by atoms with E-state index in [9.17, 15) is 13.2 Å². The summed E-state index contributed by atoms with van der Waals surface area (Å²) < 4.78 is 33.4. The Morgan fingerprint density at radius 3 is 1.88 bits per heavy atom. The largest absolute Gasteiger partial charge is 0.419 e. The highest BCUT2D eigenvalue weighted by Crippen LogP contribution is 2.24. The Morgan fingerprint density at radius 2 is 1.88 bits per heavy atom. The summed E-state index contributed by atoms with van der Waals surface area (Å²) in [6, 6.07) is 0. The molecular weight excluding hydrogens is 119 g/mol. The zero-order valence-electron chi connectivity index (χ0n) is 3.79. The Kier molecular flexibility index (Phi) is 1.64. The Hall–Kier alpha value is -0.980. The fourth-order valence-corrected chi connectivity index (χ4v) is 0.0634. The van der Waals surface area contributed by atoms with E-state index in [1.54, 1.807) is 0 Å². The van der Waals surface area contributed by atoms with Crippen LogP contribution in [-0.4, -0.2) is 6.18 Å². The smallest absolute Gasteiger partial charge is 0.234 e. The fourth-order valence-electron chi connectivity index (χ4n) is 0.0634. The minimum atomic E-state index is -4.54. The number of allylic oxidation sites excluding steroid dienone is 1. The first-order valence-corrected chi connectivity index (χ1v) is 1.62. The normalized spacial score (nSPS) is 10.2. The van der Waals surface area contributed by atoms with Gasteiger partial charge in [0.05, 0.1) is 6.57 Å². The summed E-state index contributed by atoms with van der Waals surface area (Å²) in [5, 5.41) is 0. The van der Waals surface area contributed by atoms with Crippen LogP contribution in [0, 0.1) is 6.57 Å². The summed E-state index contributed by atoms with van der Waals surface area (Å²) in [5.74, 6) is 0. The number of hydrogen-bond acceptors (Lipinski definition) is 0. The molecule has 0 saturated heterocycles. The third-order valence-corrected chi connectivity index (χ3v) is 0.462. The van der Waals surface area contributed by atoms with Gasteiger partial charge in [-0.1, -0.05) is 6.58 Å². The van der Waals surface area contributed by atoms with Crippen LogP contribution < -0.4 is 0 Å². The van der Waals surface area contributed by atoms with E-state index in [1.807, 2.05) is 0 Å². The van der Waals surface area contributed by atoms with Crippen LogP contribution in [0.2, 0.25) is 0 Å². The molecule has 0 rings (SSSR count). The maximum atomic E-state index is 11.1. The second-order valence-electron chi connectivity index (χ2n) is 1.06. The molecule has 0 heterocycles. The highest BCUT2D eigenvalue weighted by atomic mass is 19.4. The second kappa shape index (κ2) is 1.86. The topological polar surface area (TPSA) is 4.36 Å². The zero-order valence-corrected chi connectivity index (χ0v) is 3.79. The highest BCUT2D eigenvalue weighted by molar-refractivity contribution is 5.10. The van der Waals surface area contributed by atoms with Gasteiger partial charge in [0.25, 0.3) is 5.70 Å². The molecule has 0 unspecified atom stereocenters. The summed E-state index contributed by atoms with van der Waals surface area (Å²) in [7, 11) is 0. The first-order chi connectivity index (χ1) is 3.48. The number of alkyl halides is 3. The van der Waals surface area contributed by atoms with Crippen molar-refractivity contribution in [2.24, 2.45) is 0 Å². The molecule has 1 nitrogen and oxygen atoms in total. The van der Waals surface area contributed by atoms with Gasteiger partial charge >= 0.3 is 6.18 Å². The lowest BCUT2D eigenvalue weighted by atomic mass is 10.5. The van der Waals surface area contributed by atoms with Gasteiger partial charge in [-0.2, -0.15) is 13.2 Å². The third-order valence-electron chi connectivity index (χ3n) is 0.462. The minimum Gasteiger partial charge on any atom is -0.234 e. The predicted molar refractivity (Wildman–Crippen MR) is 21.8 cm³/mol. The van der Waals surface area contributed by atoms with Crippen molar-refractivity contribution in [3.05, 3.63) is 23.7 Å².